The van der Waals surface area contributed by atoms with E-state index in [1.165, 1.54) is 22.1 Å². The summed E-state index contributed by atoms with van der Waals surface area (Å²) < 4.78 is 48.1. The summed E-state index contributed by atoms with van der Waals surface area (Å²) in [6.07, 6.45) is 4.81. The lowest BCUT2D eigenvalue weighted by Gasteiger charge is -2.31. The molecule has 1 aliphatic rings. The molecule has 0 aromatic heterocycles. The zero-order valence-electron chi connectivity index (χ0n) is 19.4. The first kappa shape index (κ1) is 26.1. The fourth-order valence-electron chi connectivity index (χ4n) is 4.04. The van der Waals surface area contributed by atoms with E-state index in [4.69, 9.17) is 9.84 Å². The van der Waals surface area contributed by atoms with Gasteiger partial charge < -0.3 is 14.7 Å². The second kappa shape index (κ2) is 11.2. The van der Waals surface area contributed by atoms with Crippen molar-refractivity contribution >= 4 is 39.1 Å². The van der Waals surface area contributed by atoms with Gasteiger partial charge in [0.1, 0.15) is 16.9 Å². The van der Waals surface area contributed by atoms with Crippen molar-refractivity contribution in [3.05, 3.63) is 54.6 Å². The third kappa shape index (κ3) is 5.39. The summed E-state index contributed by atoms with van der Waals surface area (Å²) in [5.74, 6) is -3.17. The Morgan fingerprint density at radius 3 is 2.56 bits per heavy atom. The van der Waals surface area contributed by atoms with Crippen molar-refractivity contribution in [2.75, 3.05) is 24.2 Å². The Labute approximate surface area is 204 Å². The summed E-state index contributed by atoms with van der Waals surface area (Å²) in [5.41, 5.74) is 1.36. The van der Waals surface area contributed by atoms with Crippen LogP contribution in [0.15, 0.2) is 64.3 Å². The normalized spacial score (nSPS) is 18.3. The van der Waals surface area contributed by atoms with Gasteiger partial charge >= 0.3 is 5.97 Å². The molecular weight excluding hydrogens is 479 g/mol. The maximum absolute atomic E-state index is 13.9. The Hall–Kier alpha value is -2.56. The third-order valence-electron chi connectivity index (χ3n) is 5.69. The molecule has 0 spiro atoms. The number of halogens is 1. The van der Waals surface area contributed by atoms with Crippen LogP contribution in [-0.2, 0) is 14.8 Å². The van der Waals surface area contributed by atoms with Gasteiger partial charge in [-0.2, -0.15) is 8.70 Å². The number of thioether (sulfide) groups is 1. The fraction of sp³-hybridized carbons (Fsp3) is 0.375. The molecule has 1 N–H and O–H groups in total. The number of anilines is 2. The van der Waals surface area contributed by atoms with Crippen LogP contribution in [0.2, 0.25) is 0 Å². The number of carboxylic acids is 1. The molecule has 2 aromatic rings. The molecule has 0 aliphatic carbocycles. The Bertz CT molecular complexity index is 1160. The lowest BCUT2D eigenvalue weighted by atomic mass is 10.1. The van der Waals surface area contributed by atoms with E-state index in [-0.39, 0.29) is 16.7 Å². The summed E-state index contributed by atoms with van der Waals surface area (Å²) in [4.78, 5) is 13.4. The zero-order valence-corrected chi connectivity index (χ0v) is 21.0. The minimum atomic E-state index is -3.92. The molecule has 1 atom stereocenters. The van der Waals surface area contributed by atoms with Crippen molar-refractivity contribution in [1.82, 2.24) is 4.31 Å². The Morgan fingerprint density at radius 1 is 1.26 bits per heavy atom. The monoisotopic (exact) mass is 508 g/mol. The summed E-state index contributed by atoms with van der Waals surface area (Å²) in [5, 5.41) is 8.79. The van der Waals surface area contributed by atoms with Gasteiger partial charge in [-0.05, 0) is 30.9 Å². The molecular formula is C24H29FN2O5S2. The lowest BCUT2D eigenvalue weighted by molar-refractivity contribution is -0.134. The first-order valence-electron chi connectivity index (χ1n) is 11.1. The number of benzene rings is 2. The number of aliphatic carboxylic acids is 1. The highest BCUT2D eigenvalue weighted by Gasteiger charge is 2.39. The molecule has 7 nitrogen and oxygen atoms in total. The molecule has 1 heterocycles. The van der Waals surface area contributed by atoms with E-state index in [1.807, 2.05) is 42.2 Å². The van der Waals surface area contributed by atoms with Gasteiger partial charge in [-0.1, -0.05) is 44.9 Å². The van der Waals surface area contributed by atoms with Crippen LogP contribution in [-0.4, -0.2) is 49.2 Å². The van der Waals surface area contributed by atoms with E-state index >= 15 is 0 Å². The molecule has 184 valence electrons. The molecule has 2 aromatic carbocycles. The van der Waals surface area contributed by atoms with Crippen molar-refractivity contribution in [1.29, 1.82) is 0 Å². The van der Waals surface area contributed by atoms with Crippen LogP contribution in [0, 0.1) is 0 Å². The van der Waals surface area contributed by atoms with Gasteiger partial charge in [-0.15, -0.1) is 11.8 Å². The van der Waals surface area contributed by atoms with Gasteiger partial charge in [0, 0.05) is 30.9 Å². The first-order valence-corrected chi connectivity index (χ1v) is 13.7. The molecule has 0 saturated carbocycles. The Morgan fingerprint density at radius 2 is 1.97 bits per heavy atom. The highest BCUT2D eigenvalue weighted by atomic mass is 32.2. The molecule has 0 saturated heterocycles. The van der Waals surface area contributed by atoms with Crippen LogP contribution >= 0.6 is 11.8 Å². The number of hydrogen-bond acceptors (Lipinski definition) is 6. The number of carboxylic acid groups (broad SMARTS) is 1. The van der Waals surface area contributed by atoms with Crippen molar-refractivity contribution in [2.45, 2.75) is 48.9 Å². The average Bonchev–Trinajstić information content (AvgIpc) is 2.92. The summed E-state index contributed by atoms with van der Waals surface area (Å²) in [6, 6.07) is 12.4. The molecule has 34 heavy (non-hydrogen) atoms. The van der Waals surface area contributed by atoms with Gasteiger partial charge in [0.05, 0.1) is 10.6 Å². The first-order chi connectivity index (χ1) is 16.2. The van der Waals surface area contributed by atoms with Crippen LogP contribution in [0.3, 0.4) is 0 Å². The van der Waals surface area contributed by atoms with E-state index in [2.05, 4.69) is 6.92 Å². The smallest absolute Gasteiger partial charge is 0.368 e. The molecule has 0 bridgehead atoms. The van der Waals surface area contributed by atoms with E-state index in [1.54, 1.807) is 12.3 Å². The minimum Gasteiger partial charge on any atom is -0.476 e. The topological polar surface area (TPSA) is 87.1 Å². The van der Waals surface area contributed by atoms with Crippen LogP contribution in [0.5, 0.6) is 5.75 Å². The maximum atomic E-state index is 13.9. The number of fused-ring (bicyclic) bond motifs is 1. The zero-order chi connectivity index (χ0) is 24.9. The standard InChI is InChI=1S/C24H29FN2O5S2/c1-4-6-10-18-15-26(17-11-8-7-9-12-17)20-13-22(33-3)21(32-16-19(25)24(28)29)14-23(20)34(30,31)27(18)5-2/h7-9,11-14,16,18H,4-6,10,15H2,1-3H3,(H,28,29)/b19-16-. The number of likely N-dealkylation sites (N-methyl/N-ethyl adjacent to an activating group) is 1. The Balaban J connectivity index is 2.24. The molecule has 0 fully saturated rings. The number of unbranched alkanes of at least 4 members (excludes halogenated alkanes) is 1. The van der Waals surface area contributed by atoms with Crippen LogP contribution in [0.25, 0.3) is 0 Å². The number of ether oxygens (including phenoxy) is 1. The van der Waals surface area contributed by atoms with Gasteiger partial charge in [0.2, 0.25) is 15.9 Å². The van der Waals surface area contributed by atoms with Crippen LogP contribution < -0.4 is 9.64 Å². The fourth-order valence-corrected chi connectivity index (χ4v) is 6.43. The molecule has 1 aliphatic heterocycles. The highest BCUT2D eigenvalue weighted by molar-refractivity contribution is 7.98. The average molecular weight is 509 g/mol. The summed E-state index contributed by atoms with van der Waals surface area (Å²) in [6.45, 7) is 4.66. The van der Waals surface area contributed by atoms with Crippen molar-refractivity contribution in [3.8, 4) is 5.75 Å². The minimum absolute atomic E-state index is 0.0362. The number of sulfonamides is 1. The van der Waals surface area contributed by atoms with Crippen molar-refractivity contribution in [3.63, 3.8) is 0 Å². The van der Waals surface area contributed by atoms with Gasteiger partial charge in [0.15, 0.2) is 0 Å². The number of hydrogen-bond donors (Lipinski definition) is 1. The van der Waals surface area contributed by atoms with Crippen molar-refractivity contribution < 1.29 is 27.4 Å². The predicted molar refractivity (Wildman–Crippen MR) is 132 cm³/mol. The van der Waals surface area contributed by atoms with E-state index in [9.17, 15) is 17.6 Å². The predicted octanol–water partition coefficient (Wildman–Crippen LogP) is 5.40. The maximum Gasteiger partial charge on any atom is 0.368 e. The highest BCUT2D eigenvalue weighted by Crippen LogP contribution is 2.43. The van der Waals surface area contributed by atoms with E-state index < -0.39 is 21.8 Å². The molecule has 0 amide bonds. The number of carbonyl (C=O) groups is 1. The molecule has 0 radical (unpaired) electrons. The van der Waals surface area contributed by atoms with Crippen molar-refractivity contribution in [2.24, 2.45) is 0 Å². The quantitative estimate of drug-likeness (QED) is 0.276. The molecule has 1 unspecified atom stereocenters. The largest absolute Gasteiger partial charge is 0.476 e. The number of para-hydroxylation sites is 1. The second-order valence-corrected chi connectivity index (χ2v) is 10.5. The molecule has 3 rings (SSSR count). The Kier molecular flexibility index (Phi) is 8.62. The van der Waals surface area contributed by atoms with Gasteiger partial charge in [-0.3, -0.25) is 0 Å². The number of nitrogens with zero attached hydrogens (tertiary/aromatic N) is 2. The third-order valence-corrected chi connectivity index (χ3v) is 8.50. The second-order valence-electron chi connectivity index (χ2n) is 7.81. The van der Waals surface area contributed by atoms with Crippen LogP contribution in [0.4, 0.5) is 15.8 Å². The summed E-state index contributed by atoms with van der Waals surface area (Å²) >= 11 is 1.29. The van der Waals surface area contributed by atoms with E-state index in [0.29, 0.717) is 36.4 Å². The number of rotatable bonds is 9. The van der Waals surface area contributed by atoms with E-state index in [0.717, 1.165) is 18.5 Å². The molecule has 10 heteroatoms. The van der Waals surface area contributed by atoms with Crippen LogP contribution in [0.1, 0.15) is 33.1 Å². The summed E-state index contributed by atoms with van der Waals surface area (Å²) in [7, 11) is -3.92. The lowest BCUT2D eigenvalue weighted by Crippen LogP contribution is -2.43. The SMILES string of the molecule is CCCCC1CN(c2ccccc2)c2cc(SC)c(O/C=C(\F)C(=O)O)cc2S(=O)(=O)N1CC. The van der Waals surface area contributed by atoms with Gasteiger partial charge in [0.25, 0.3) is 0 Å². The van der Waals surface area contributed by atoms with Gasteiger partial charge in [-0.25, -0.2) is 13.2 Å².